The molecule has 0 aliphatic heterocycles. The molecule has 0 radical (unpaired) electrons. The zero-order valence-electron chi connectivity index (χ0n) is 15.0. The summed E-state index contributed by atoms with van der Waals surface area (Å²) in [7, 11) is -4.49. The zero-order chi connectivity index (χ0) is 19.0. The van der Waals surface area contributed by atoms with Crippen molar-refractivity contribution >= 4 is 10.1 Å². The molecule has 0 atom stereocenters. The maximum absolute atomic E-state index is 11.4. The Morgan fingerprint density at radius 2 is 1.58 bits per heavy atom. The van der Waals surface area contributed by atoms with E-state index in [1.54, 1.807) is 12.1 Å². The highest BCUT2D eigenvalue weighted by Crippen LogP contribution is 2.36. The third-order valence-corrected chi connectivity index (χ3v) is 5.08. The molecule has 0 saturated heterocycles. The Labute approximate surface area is 155 Å². The number of hydrogen-bond acceptors (Lipinski definition) is 4. The number of phenolic OH excluding ortho intramolecular Hbond substituents is 1. The van der Waals surface area contributed by atoms with Gasteiger partial charge in [0.2, 0.25) is 0 Å². The summed E-state index contributed by atoms with van der Waals surface area (Å²) in [4.78, 5) is -0.464. The van der Waals surface area contributed by atoms with Crippen LogP contribution in [0.3, 0.4) is 0 Å². The Morgan fingerprint density at radius 1 is 0.923 bits per heavy atom. The molecule has 5 nitrogen and oxygen atoms in total. The molecule has 0 saturated carbocycles. The molecule has 0 aliphatic rings. The van der Waals surface area contributed by atoms with Crippen LogP contribution in [0.25, 0.3) is 0 Å². The van der Waals surface area contributed by atoms with E-state index in [2.05, 4.69) is 6.92 Å². The number of aromatic hydroxyl groups is 1. The Balaban J connectivity index is 1.98. The average Bonchev–Trinajstić information content (AvgIpc) is 2.60. The molecule has 142 valence electrons. The van der Waals surface area contributed by atoms with E-state index in [-0.39, 0.29) is 11.5 Å². The summed E-state index contributed by atoms with van der Waals surface area (Å²) in [6, 6.07) is 11.1. The molecule has 2 aromatic carbocycles. The number of unbranched alkanes of at least 4 members (excludes halogenated alkanes) is 5. The van der Waals surface area contributed by atoms with E-state index in [1.165, 1.54) is 55.9 Å². The number of para-hydroxylation sites is 1. The van der Waals surface area contributed by atoms with Gasteiger partial charge in [-0.15, -0.1) is 0 Å². The second-order valence-corrected chi connectivity index (χ2v) is 7.73. The monoisotopic (exact) mass is 378 g/mol. The summed E-state index contributed by atoms with van der Waals surface area (Å²) >= 11 is 0. The molecule has 0 amide bonds. The molecule has 0 fully saturated rings. The van der Waals surface area contributed by atoms with Gasteiger partial charge in [0.25, 0.3) is 10.1 Å². The van der Waals surface area contributed by atoms with Gasteiger partial charge in [0, 0.05) is 0 Å². The molecule has 2 N–H and O–H groups in total. The second kappa shape index (κ2) is 9.59. The lowest BCUT2D eigenvalue weighted by molar-refractivity contribution is 0.397. The molecule has 0 aliphatic carbocycles. The van der Waals surface area contributed by atoms with Crippen molar-refractivity contribution in [3.63, 3.8) is 0 Å². The van der Waals surface area contributed by atoms with Gasteiger partial charge in [-0.25, -0.2) is 0 Å². The Hall–Kier alpha value is -2.05. The Morgan fingerprint density at radius 3 is 2.23 bits per heavy atom. The molecule has 2 rings (SSSR count). The molecule has 6 heteroatoms. The van der Waals surface area contributed by atoms with Crippen molar-refractivity contribution in [2.75, 3.05) is 0 Å². The molecule has 0 unspecified atom stereocenters. The van der Waals surface area contributed by atoms with Gasteiger partial charge in [-0.1, -0.05) is 57.2 Å². The van der Waals surface area contributed by atoms with Crippen molar-refractivity contribution in [1.82, 2.24) is 0 Å². The third kappa shape index (κ3) is 6.04. The molecule has 0 bridgehead atoms. The lowest BCUT2D eigenvalue weighted by Crippen LogP contribution is -2.01. The van der Waals surface area contributed by atoms with Gasteiger partial charge in [0.05, 0.1) is 0 Å². The zero-order valence-corrected chi connectivity index (χ0v) is 15.8. The van der Waals surface area contributed by atoms with Gasteiger partial charge in [-0.05, 0) is 42.7 Å². The number of rotatable bonds is 10. The second-order valence-electron chi connectivity index (χ2n) is 6.34. The topological polar surface area (TPSA) is 83.8 Å². The lowest BCUT2D eigenvalue weighted by atomic mass is 10.0. The van der Waals surface area contributed by atoms with Crippen LogP contribution < -0.4 is 4.74 Å². The van der Waals surface area contributed by atoms with Crippen LogP contribution in [0.4, 0.5) is 0 Å². The van der Waals surface area contributed by atoms with Gasteiger partial charge in [-0.3, -0.25) is 4.55 Å². The van der Waals surface area contributed by atoms with E-state index in [0.29, 0.717) is 5.75 Å². The fourth-order valence-electron chi connectivity index (χ4n) is 2.76. The molecule has 2 aromatic rings. The highest BCUT2D eigenvalue weighted by atomic mass is 32.2. The molecule has 0 spiro atoms. The largest absolute Gasteiger partial charge is 0.504 e. The van der Waals surface area contributed by atoms with Crippen LogP contribution in [-0.4, -0.2) is 18.1 Å². The summed E-state index contributed by atoms with van der Waals surface area (Å²) in [5, 5.41) is 9.87. The first-order chi connectivity index (χ1) is 12.4. The molecular weight excluding hydrogens is 352 g/mol. The van der Waals surface area contributed by atoms with Crippen LogP contribution in [0.5, 0.6) is 17.2 Å². The van der Waals surface area contributed by atoms with Crippen LogP contribution in [-0.2, 0) is 16.5 Å². The summed E-state index contributed by atoms with van der Waals surface area (Å²) in [6.07, 6.45) is 8.44. The Kier molecular flexibility index (Phi) is 7.48. The van der Waals surface area contributed by atoms with Crippen molar-refractivity contribution in [3.05, 3.63) is 48.0 Å². The quantitative estimate of drug-likeness (QED) is 0.431. The first-order valence-corrected chi connectivity index (χ1v) is 10.4. The summed E-state index contributed by atoms with van der Waals surface area (Å²) < 4.78 is 37.6. The molecule has 0 heterocycles. The van der Waals surface area contributed by atoms with Gasteiger partial charge in [-0.2, -0.15) is 8.42 Å². The number of ether oxygens (including phenoxy) is 1. The van der Waals surface area contributed by atoms with E-state index in [1.807, 2.05) is 12.1 Å². The Bertz CT molecular complexity index is 797. The van der Waals surface area contributed by atoms with Gasteiger partial charge >= 0.3 is 0 Å². The minimum atomic E-state index is -4.49. The van der Waals surface area contributed by atoms with Crippen molar-refractivity contribution < 1.29 is 22.8 Å². The minimum absolute atomic E-state index is 0.279. The molecular formula is C20H26O5S. The van der Waals surface area contributed by atoms with Crippen molar-refractivity contribution in [1.29, 1.82) is 0 Å². The highest BCUT2D eigenvalue weighted by molar-refractivity contribution is 7.86. The van der Waals surface area contributed by atoms with E-state index < -0.39 is 15.0 Å². The number of hydrogen-bond donors (Lipinski definition) is 2. The van der Waals surface area contributed by atoms with Crippen LogP contribution in [0, 0.1) is 0 Å². The number of benzene rings is 2. The predicted molar refractivity (Wildman–Crippen MR) is 102 cm³/mol. The normalized spacial score (nSPS) is 11.5. The van der Waals surface area contributed by atoms with Gasteiger partial charge < -0.3 is 9.84 Å². The van der Waals surface area contributed by atoms with Crippen molar-refractivity contribution in [3.8, 4) is 17.2 Å². The first kappa shape index (κ1) is 20.3. The van der Waals surface area contributed by atoms with E-state index in [4.69, 9.17) is 4.74 Å². The van der Waals surface area contributed by atoms with E-state index in [0.717, 1.165) is 12.8 Å². The summed E-state index contributed by atoms with van der Waals surface area (Å²) in [5.74, 6) is -0.238. The lowest BCUT2D eigenvalue weighted by Gasteiger charge is -2.11. The fourth-order valence-corrected chi connectivity index (χ4v) is 3.39. The summed E-state index contributed by atoms with van der Waals surface area (Å²) in [6.45, 7) is 2.21. The number of aryl methyl sites for hydroxylation is 1. The maximum atomic E-state index is 11.4. The fraction of sp³-hybridized carbons (Fsp3) is 0.400. The van der Waals surface area contributed by atoms with E-state index >= 15 is 0 Å². The SMILES string of the molecule is CCCCCCCCc1ccc(Oc2c(O)cccc2S(=O)(=O)O)cc1. The van der Waals surface area contributed by atoms with Crippen LogP contribution in [0.1, 0.15) is 51.0 Å². The predicted octanol–water partition coefficient (Wildman–Crippen LogP) is 5.33. The van der Waals surface area contributed by atoms with Crippen molar-refractivity contribution in [2.24, 2.45) is 0 Å². The van der Waals surface area contributed by atoms with Gasteiger partial charge in [0.15, 0.2) is 11.5 Å². The average molecular weight is 378 g/mol. The minimum Gasteiger partial charge on any atom is -0.504 e. The highest BCUT2D eigenvalue weighted by Gasteiger charge is 2.20. The number of phenols is 1. The third-order valence-electron chi connectivity index (χ3n) is 4.20. The first-order valence-electron chi connectivity index (χ1n) is 8.98. The maximum Gasteiger partial charge on any atom is 0.298 e. The van der Waals surface area contributed by atoms with Crippen LogP contribution in [0.15, 0.2) is 47.4 Å². The summed E-state index contributed by atoms with van der Waals surface area (Å²) in [5.41, 5.74) is 1.18. The van der Waals surface area contributed by atoms with E-state index in [9.17, 15) is 18.1 Å². The standard InChI is InChI=1S/C20H26O5S/c1-2-3-4-5-6-7-9-16-12-14-17(15-13-16)25-20-18(21)10-8-11-19(20)26(22,23)24/h8,10-15,21H,2-7,9H2,1H3,(H,22,23,24). The molecule has 26 heavy (non-hydrogen) atoms. The van der Waals surface area contributed by atoms with Crippen LogP contribution in [0.2, 0.25) is 0 Å². The smallest absolute Gasteiger partial charge is 0.298 e. The van der Waals surface area contributed by atoms with Gasteiger partial charge in [0.1, 0.15) is 10.6 Å². The molecule has 0 aromatic heterocycles. The van der Waals surface area contributed by atoms with Crippen molar-refractivity contribution in [2.45, 2.75) is 56.8 Å². The van der Waals surface area contributed by atoms with Crippen LogP contribution >= 0.6 is 0 Å².